The zero-order valence-electron chi connectivity index (χ0n) is 19.7. The van der Waals surface area contributed by atoms with Crippen LogP contribution in [0.5, 0.6) is 0 Å². The second kappa shape index (κ2) is 8.97. The van der Waals surface area contributed by atoms with Crippen molar-refractivity contribution in [1.82, 2.24) is 19.5 Å². The molecular formula is C24H24F2N6O2S. The molecule has 0 amide bonds. The van der Waals surface area contributed by atoms with Gasteiger partial charge in [0, 0.05) is 51.6 Å². The third-order valence-corrected chi connectivity index (χ3v) is 7.04. The third-order valence-electron chi connectivity index (χ3n) is 5.82. The van der Waals surface area contributed by atoms with Gasteiger partial charge in [0.1, 0.15) is 22.4 Å². The molecule has 1 aliphatic rings. The molecule has 182 valence electrons. The van der Waals surface area contributed by atoms with E-state index in [1.807, 2.05) is 30.8 Å². The van der Waals surface area contributed by atoms with Crippen LogP contribution in [0.25, 0.3) is 21.6 Å². The maximum atomic E-state index is 14.8. The molecule has 1 saturated heterocycles. The van der Waals surface area contributed by atoms with Gasteiger partial charge in [0.2, 0.25) is 11.5 Å². The molecule has 1 aliphatic heterocycles. The van der Waals surface area contributed by atoms with E-state index in [2.05, 4.69) is 4.98 Å². The van der Waals surface area contributed by atoms with Crippen LogP contribution in [-0.2, 0) is 11.8 Å². The highest BCUT2D eigenvalue weighted by Gasteiger charge is 2.30. The molecule has 0 radical (unpaired) electrons. The van der Waals surface area contributed by atoms with Crippen LogP contribution in [0, 0.1) is 11.6 Å². The van der Waals surface area contributed by atoms with E-state index in [1.54, 1.807) is 19.3 Å². The summed E-state index contributed by atoms with van der Waals surface area (Å²) in [4.78, 5) is 29.7. The first kappa shape index (κ1) is 23.3. The Morgan fingerprint density at radius 2 is 1.91 bits per heavy atom. The van der Waals surface area contributed by atoms with Crippen molar-refractivity contribution in [3.8, 4) is 11.3 Å². The minimum absolute atomic E-state index is 0.102. The Morgan fingerprint density at radius 1 is 1.11 bits per heavy atom. The summed E-state index contributed by atoms with van der Waals surface area (Å²) in [5, 5.41) is 0.702. The highest BCUT2D eigenvalue weighted by Crippen LogP contribution is 2.37. The van der Waals surface area contributed by atoms with Gasteiger partial charge in [0.15, 0.2) is 10.8 Å². The average molecular weight is 499 g/mol. The van der Waals surface area contributed by atoms with Gasteiger partial charge in [-0.15, -0.1) is 0 Å². The summed E-state index contributed by atoms with van der Waals surface area (Å²) in [7, 11) is 5.43. The molecule has 0 aliphatic carbocycles. The van der Waals surface area contributed by atoms with E-state index in [0.29, 0.717) is 40.2 Å². The monoisotopic (exact) mass is 498 g/mol. The normalized spacial score (nSPS) is 18.3. The van der Waals surface area contributed by atoms with Crippen molar-refractivity contribution >= 4 is 32.8 Å². The number of thiazole rings is 1. The van der Waals surface area contributed by atoms with Gasteiger partial charge >= 0.3 is 0 Å². The summed E-state index contributed by atoms with van der Waals surface area (Å²) in [5.74, 6) is -0.969. The number of ether oxygens (including phenoxy) is 1. The molecule has 3 aromatic heterocycles. The Hall–Kier alpha value is -3.44. The first-order valence-corrected chi connectivity index (χ1v) is 11.9. The van der Waals surface area contributed by atoms with Crippen molar-refractivity contribution in [2.75, 3.05) is 37.0 Å². The van der Waals surface area contributed by atoms with Gasteiger partial charge in [0.25, 0.3) is 0 Å². The number of hydrogen-bond acceptors (Lipinski definition) is 8. The van der Waals surface area contributed by atoms with Crippen LogP contribution in [-0.4, -0.2) is 52.8 Å². The highest BCUT2D eigenvalue weighted by atomic mass is 32.1. The van der Waals surface area contributed by atoms with Crippen LogP contribution in [0.4, 0.5) is 19.9 Å². The van der Waals surface area contributed by atoms with E-state index in [-0.39, 0.29) is 23.3 Å². The molecule has 5 rings (SSSR count). The maximum absolute atomic E-state index is 14.8. The topological polar surface area (TPSA) is 76.4 Å². The SMILES string of the molecule is C[C@@H]1CN(c2nc(-c3ccc(F)cc3F)c3sc(N(C)C)nc3n2)C[C@H](c2ccc(=O)n(C)c2)O1. The van der Waals surface area contributed by atoms with Crippen LogP contribution < -0.4 is 15.4 Å². The largest absolute Gasteiger partial charge is 0.367 e. The van der Waals surface area contributed by atoms with Crippen molar-refractivity contribution in [3.05, 3.63) is 64.1 Å². The van der Waals surface area contributed by atoms with Crippen LogP contribution in [0.2, 0.25) is 0 Å². The van der Waals surface area contributed by atoms with Crippen LogP contribution in [0.15, 0.2) is 41.3 Å². The number of anilines is 2. The Kier molecular flexibility index (Phi) is 5.97. The molecule has 0 spiro atoms. The van der Waals surface area contributed by atoms with Gasteiger partial charge in [-0.25, -0.2) is 13.8 Å². The molecular weight excluding hydrogens is 474 g/mol. The molecule has 0 N–H and O–H groups in total. The van der Waals surface area contributed by atoms with Crippen LogP contribution in [0.1, 0.15) is 18.6 Å². The average Bonchev–Trinajstić information content (AvgIpc) is 3.25. The number of nitrogens with zero attached hydrogens (tertiary/aromatic N) is 6. The lowest BCUT2D eigenvalue weighted by Crippen LogP contribution is -2.44. The number of aromatic nitrogens is 4. The van der Waals surface area contributed by atoms with Gasteiger partial charge in [-0.1, -0.05) is 11.3 Å². The molecule has 4 aromatic rings. The van der Waals surface area contributed by atoms with Crippen molar-refractivity contribution in [2.45, 2.75) is 19.1 Å². The lowest BCUT2D eigenvalue weighted by molar-refractivity contribution is -0.0181. The number of fused-ring (bicyclic) bond motifs is 1. The summed E-state index contributed by atoms with van der Waals surface area (Å²) >= 11 is 1.35. The van der Waals surface area contributed by atoms with Crippen molar-refractivity contribution in [1.29, 1.82) is 0 Å². The summed E-state index contributed by atoms with van der Waals surface area (Å²) in [5.41, 5.74) is 1.75. The Bertz CT molecular complexity index is 1470. The lowest BCUT2D eigenvalue weighted by atomic mass is 10.1. The summed E-state index contributed by atoms with van der Waals surface area (Å²) in [6.45, 7) is 2.90. The van der Waals surface area contributed by atoms with Crippen LogP contribution >= 0.6 is 11.3 Å². The predicted octanol–water partition coefficient (Wildman–Crippen LogP) is 3.76. The minimum Gasteiger partial charge on any atom is -0.367 e. The van der Waals surface area contributed by atoms with E-state index in [4.69, 9.17) is 14.7 Å². The fraction of sp³-hybridized carbons (Fsp3) is 0.333. The molecule has 0 saturated carbocycles. The van der Waals surface area contributed by atoms with Gasteiger partial charge in [-0.2, -0.15) is 9.97 Å². The fourth-order valence-corrected chi connectivity index (χ4v) is 5.04. The van der Waals surface area contributed by atoms with Crippen molar-refractivity contribution < 1.29 is 13.5 Å². The van der Waals surface area contributed by atoms with Gasteiger partial charge in [-0.05, 0) is 30.7 Å². The second-order valence-electron chi connectivity index (χ2n) is 8.79. The first-order valence-electron chi connectivity index (χ1n) is 11.1. The number of rotatable bonds is 4. The van der Waals surface area contributed by atoms with E-state index in [0.717, 1.165) is 11.6 Å². The number of pyridine rings is 1. The lowest BCUT2D eigenvalue weighted by Gasteiger charge is -2.37. The highest BCUT2D eigenvalue weighted by molar-refractivity contribution is 7.22. The predicted molar refractivity (Wildman–Crippen MR) is 132 cm³/mol. The van der Waals surface area contributed by atoms with Crippen molar-refractivity contribution in [2.24, 2.45) is 7.05 Å². The molecule has 1 aromatic carbocycles. The van der Waals surface area contributed by atoms with Crippen molar-refractivity contribution in [3.63, 3.8) is 0 Å². The molecule has 8 nitrogen and oxygen atoms in total. The maximum Gasteiger partial charge on any atom is 0.250 e. The molecule has 35 heavy (non-hydrogen) atoms. The van der Waals surface area contributed by atoms with Gasteiger partial charge in [0.05, 0.1) is 18.3 Å². The van der Waals surface area contributed by atoms with Crippen LogP contribution in [0.3, 0.4) is 0 Å². The van der Waals surface area contributed by atoms with E-state index < -0.39 is 11.6 Å². The Morgan fingerprint density at radius 3 is 2.63 bits per heavy atom. The third kappa shape index (κ3) is 4.48. The number of halogens is 2. The number of hydrogen-bond donors (Lipinski definition) is 0. The van der Waals surface area contributed by atoms with Gasteiger partial charge < -0.3 is 19.1 Å². The quantitative estimate of drug-likeness (QED) is 0.424. The Balaban J connectivity index is 1.61. The molecule has 2 atom stereocenters. The standard InChI is InChI=1S/C24H24F2N6O2S/c1-13-10-32(12-18(34-13)14-5-8-19(33)31(4)11-14)23-27-20(16-7-6-15(25)9-17(16)26)21-22(28-23)29-24(35-21)30(2)3/h5-9,11,13,18H,10,12H2,1-4H3/t13-,18-/m1/s1. The zero-order valence-corrected chi connectivity index (χ0v) is 20.5. The second-order valence-corrected chi connectivity index (χ2v) is 9.77. The fourth-order valence-electron chi connectivity index (χ4n) is 4.10. The van der Waals surface area contributed by atoms with Gasteiger partial charge in [-0.3, -0.25) is 4.79 Å². The molecule has 11 heteroatoms. The number of morpholine rings is 1. The van der Waals surface area contributed by atoms with E-state index in [1.165, 1.54) is 34.1 Å². The molecule has 1 fully saturated rings. The summed E-state index contributed by atoms with van der Waals surface area (Å²) < 4.78 is 36.7. The first-order chi connectivity index (χ1) is 16.7. The van der Waals surface area contributed by atoms with E-state index in [9.17, 15) is 13.6 Å². The summed E-state index contributed by atoms with van der Waals surface area (Å²) in [6.07, 6.45) is 1.30. The molecule has 0 bridgehead atoms. The van der Waals surface area contributed by atoms with E-state index >= 15 is 0 Å². The Labute approximate surface area is 204 Å². The number of aryl methyl sites for hydroxylation is 1. The zero-order chi connectivity index (χ0) is 24.9. The summed E-state index contributed by atoms with van der Waals surface area (Å²) in [6, 6.07) is 6.73. The number of benzene rings is 1. The molecule has 4 heterocycles. The minimum atomic E-state index is -0.700. The molecule has 0 unspecified atom stereocenters. The smallest absolute Gasteiger partial charge is 0.250 e.